The molecule has 2 N–H and O–H groups in total. The maximum absolute atomic E-state index is 13.7. The summed E-state index contributed by atoms with van der Waals surface area (Å²) in [6.45, 7) is 2.06. The van der Waals surface area contributed by atoms with Gasteiger partial charge in [-0.05, 0) is 30.7 Å². The number of nitrogens with one attached hydrogen (secondary N) is 1. The minimum absolute atomic E-state index is 0.0486. The van der Waals surface area contributed by atoms with E-state index in [0.29, 0.717) is 12.1 Å². The Balaban J connectivity index is 1.88. The number of nitriles is 1. The Hall–Kier alpha value is -2.55. The third-order valence-corrected chi connectivity index (χ3v) is 3.59. The maximum Gasteiger partial charge on any atom is 0.132 e. The van der Waals surface area contributed by atoms with E-state index in [0.717, 1.165) is 17.7 Å². The molecule has 2 aromatic carbocycles. The summed E-state index contributed by atoms with van der Waals surface area (Å²) in [4.78, 5) is 0. The first-order chi connectivity index (χ1) is 11.4. The fourth-order valence-electron chi connectivity index (χ4n) is 2.28. The average Bonchev–Trinajstić information content (AvgIpc) is 2.54. The van der Waals surface area contributed by atoms with Gasteiger partial charge in [-0.15, -0.1) is 0 Å². The minimum atomic E-state index is -1.44. The molecule has 0 aliphatic heterocycles. The summed E-state index contributed by atoms with van der Waals surface area (Å²) < 4.78 is 26.7. The van der Waals surface area contributed by atoms with Crippen LogP contribution in [0.4, 0.5) is 8.78 Å². The van der Waals surface area contributed by atoms with Crippen LogP contribution in [0.5, 0.6) is 0 Å². The van der Waals surface area contributed by atoms with Gasteiger partial charge in [-0.25, -0.2) is 8.78 Å². The van der Waals surface area contributed by atoms with Crippen LogP contribution in [0.1, 0.15) is 23.6 Å². The molecule has 5 heteroatoms. The van der Waals surface area contributed by atoms with Crippen LogP contribution in [-0.2, 0) is 5.60 Å². The number of nitrogens with zero attached hydrogens (tertiary/aromatic N) is 1. The molecular weight excluding hydrogens is 310 g/mol. The summed E-state index contributed by atoms with van der Waals surface area (Å²) in [6, 6.07) is 12.3. The molecule has 0 aromatic heterocycles. The smallest absolute Gasteiger partial charge is 0.132 e. The number of aliphatic hydroxyl groups is 1. The van der Waals surface area contributed by atoms with E-state index in [2.05, 4.69) is 11.4 Å². The Morgan fingerprint density at radius 1 is 1.21 bits per heavy atom. The zero-order chi connectivity index (χ0) is 17.6. The van der Waals surface area contributed by atoms with Crippen LogP contribution in [-0.4, -0.2) is 18.2 Å². The fraction of sp³-hybridized carbons (Fsp3) is 0.211. The highest BCUT2D eigenvalue weighted by molar-refractivity contribution is 5.51. The van der Waals surface area contributed by atoms with E-state index in [1.165, 1.54) is 13.0 Å². The summed E-state index contributed by atoms with van der Waals surface area (Å²) in [5.41, 5.74) is 0.155. The average molecular weight is 328 g/mol. The van der Waals surface area contributed by atoms with Gasteiger partial charge in [0, 0.05) is 24.7 Å². The molecule has 0 spiro atoms. The molecule has 0 bridgehead atoms. The largest absolute Gasteiger partial charge is 0.384 e. The summed E-state index contributed by atoms with van der Waals surface area (Å²) in [5, 5.41) is 22.1. The normalized spacial score (nSPS) is 13.6. The van der Waals surface area contributed by atoms with Gasteiger partial charge in [0.2, 0.25) is 0 Å². The second-order valence-corrected chi connectivity index (χ2v) is 5.67. The molecule has 2 aromatic rings. The van der Waals surface area contributed by atoms with Gasteiger partial charge in [0.1, 0.15) is 17.2 Å². The van der Waals surface area contributed by atoms with Crippen molar-refractivity contribution in [2.45, 2.75) is 12.5 Å². The number of benzene rings is 2. The Labute approximate surface area is 139 Å². The molecular formula is C19H18F2N2O. The monoisotopic (exact) mass is 328 g/mol. The SMILES string of the molecule is CC(O)(CNC/C=C/c1ccc(C#N)cc1)c1ccc(F)cc1F. The Morgan fingerprint density at radius 3 is 2.54 bits per heavy atom. The van der Waals surface area contributed by atoms with E-state index in [-0.39, 0.29) is 12.1 Å². The van der Waals surface area contributed by atoms with Gasteiger partial charge < -0.3 is 10.4 Å². The molecule has 2 rings (SSSR count). The number of rotatable bonds is 6. The minimum Gasteiger partial charge on any atom is -0.384 e. The lowest BCUT2D eigenvalue weighted by Crippen LogP contribution is -2.36. The summed E-state index contributed by atoms with van der Waals surface area (Å²) in [5.74, 6) is -1.44. The van der Waals surface area contributed by atoms with Crippen molar-refractivity contribution in [3.63, 3.8) is 0 Å². The summed E-state index contributed by atoms with van der Waals surface area (Å²) >= 11 is 0. The number of halogens is 2. The second-order valence-electron chi connectivity index (χ2n) is 5.67. The Kier molecular flexibility index (Phi) is 5.80. The van der Waals surface area contributed by atoms with Crippen LogP contribution >= 0.6 is 0 Å². The lowest BCUT2D eigenvalue weighted by molar-refractivity contribution is 0.0542. The predicted octanol–water partition coefficient (Wildman–Crippen LogP) is 3.35. The van der Waals surface area contributed by atoms with E-state index < -0.39 is 17.2 Å². The van der Waals surface area contributed by atoms with Crippen molar-refractivity contribution in [3.8, 4) is 6.07 Å². The molecule has 0 aliphatic carbocycles. The third-order valence-electron chi connectivity index (χ3n) is 3.59. The zero-order valence-corrected chi connectivity index (χ0v) is 13.3. The van der Waals surface area contributed by atoms with Gasteiger partial charge in [0.15, 0.2) is 0 Å². The summed E-state index contributed by atoms with van der Waals surface area (Å²) in [6.07, 6.45) is 3.74. The Morgan fingerprint density at radius 2 is 1.92 bits per heavy atom. The summed E-state index contributed by atoms with van der Waals surface area (Å²) in [7, 11) is 0. The quantitative estimate of drug-likeness (QED) is 0.800. The standard InChI is InChI=1S/C19H18F2N2O/c1-19(24,17-9-8-16(20)11-18(17)21)13-23-10-2-3-14-4-6-15(12-22)7-5-14/h2-9,11,23-24H,10,13H2,1H3/b3-2+. The molecule has 0 heterocycles. The highest BCUT2D eigenvalue weighted by Gasteiger charge is 2.26. The number of hydrogen-bond acceptors (Lipinski definition) is 3. The van der Waals surface area contributed by atoms with E-state index in [1.54, 1.807) is 12.1 Å². The van der Waals surface area contributed by atoms with Crippen LogP contribution in [0.2, 0.25) is 0 Å². The van der Waals surface area contributed by atoms with Crippen molar-refractivity contribution >= 4 is 6.08 Å². The van der Waals surface area contributed by atoms with Crippen LogP contribution in [0.25, 0.3) is 6.08 Å². The molecule has 0 aliphatic rings. The van der Waals surface area contributed by atoms with Crippen molar-refractivity contribution < 1.29 is 13.9 Å². The molecule has 0 fully saturated rings. The molecule has 0 saturated carbocycles. The highest BCUT2D eigenvalue weighted by Crippen LogP contribution is 2.23. The van der Waals surface area contributed by atoms with E-state index in [4.69, 9.17) is 5.26 Å². The molecule has 24 heavy (non-hydrogen) atoms. The third kappa shape index (κ3) is 4.72. The second kappa shape index (κ2) is 7.82. The van der Waals surface area contributed by atoms with Crippen molar-refractivity contribution in [2.24, 2.45) is 0 Å². The van der Waals surface area contributed by atoms with Gasteiger partial charge in [0.25, 0.3) is 0 Å². The van der Waals surface area contributed by atoms with Crippen LogP contribution in [0, 0.1) is 23.0 Å². The molecule has 1 atom stereocenters. The van der Waals surface area contributed by atoms with Gasteiger partial charge in [-0.3, -0.25) is 0 Å². The lowest BCUT2D eigenvalue weighted by Gasteiger charge is -2.24. The van der Waals surface area contributed by atoms with Gasteiger partial charge in [-0.1, -0.05) is 30.4 Å². The van der Waals surface area contributed by atoms with Gasteiger partial charge in [0.05, 0.1) is 11.6 Å². The maximum atomic E-state index is 13.7. The van der Waals surface area contributed by atoms with E-state index in [1.807, 2.05) is 24.3 Å². The predicted molar refractivity (Wildman–Crippen MR) is 89.0 cm³/mol. The fourth-order valence-corrected chi connectivity index (χ4v) is 2.28. The van der Waals surface area contributed by atoms with Crippen molar-refractivity contribution in [3.05, 3.63) is 76.9 Å². The first-order valence-corrected chi connectivity index (χ1v) is 7.48. The first-order valence-electron chi connectivity index (χ1n) is 7.48. The molecule has 0 amide bonds. The molecule has 0 radical (unpaired) electrons. The topological polar surface area (TPSA) is 56.0 Å². The molecule has 1 unspecified atom stereocenters. The van der Waals surface area contributed by atoms with E-state index in [9.17, 15) is 13.9 Å². The van der Waals surface area contributed by atoms with Crippen molar-refractivity contribution in [1.82, 2.24) is 5.32 Å². The molecule has 0 saturated heterocycles. The highest BCUT2D eigenvalue weighted by atomic mass is 19.1. The zero-order valence-electron chi connectivity index (χ0n) is 13.3. The number of hydrogen-bond donors (Lipinski definition) is 2. The Bertz CT molecular complexity index is 762. The van der Waals surface area contributed by atoms with Crippen LogP contribution in [0.3, 0.4) is 0 Å². The van der Waals surface area contributed by atoms with Gasteiger partial charge in [-0.2, -0.15) is 5.26 Å². The van der Waals surface area contributed by atoms with E-state index >= 15 is 0 Å². The molecule has 124 valence electrons. The van der Waals surface area contributed by atoms with Crippen LogP contribution in [0.15, 0.2) is 48.5 Å². The first kappa shape index (κ1) is 17.8. The van der Waals surface area contributed by atoms with Crippen molar-refractivity contribution in [2.75, 3.05) is 13.1 Å². The van der Waals surface area contributed by atoms with Crippen molar-refractivity contribution in [1.29, 1.82) is 5.26 Å². The molecule has 3 nitrogen and oxygen atoms in total. The van der Waals surface area contributed by atoms with Gasteiger partial charge >= 0.3 is 0 Å². The van der Waals surface area contributed by atoms with Crippen LogP contribution < -0.4 is 5.32 Å². The lowest BCUT2D eigenvalue weighted by atomic mass is 9.95.